The molecular weight excluding hydrogens is 226 g/mol. The zero-order valence-electron chi connectivity index (χ0n) is 9.36. The van der Waals surface area contributed by atoms with Crippen molar-refractivity contribution >= 4 is 0 Å². The number of benzene rings is 1. The Hall–Kier alpha value is -1.91. The van der Waals surface area contributed by atoms with Crippen molar-refractivity contribution in [3.8, 4) is 5.75 Å². The molecule has 2 aromatic rings. The second-order valence-corrected chi connectivity index (χ2v) is 3.59. The molecule has 1 heterocycles. The average molecular weight is 238 g/mol. The van der Waals surface area contributed by atoms with E-state index in [0.29, 0.717) is 13.2 Å². The van der Waals surface area contributed by atoms with Crippen molar-refractivity contribution in [2.24, 2.45) is 0 Å². The van der Waals surface area contributed by atoms with Crippen LogP contribution in [0.25, 0.3) is 0 Å². The molecule has 0 amide bonds. The van der Waals surface area contributed by atoms with Crippen LogP contribution in [0.4, 0.5) is 8.78 Å². The number of hydrogen-bond donors (Lipinski definition) is 0. The van der Waals surface area contributed by atoms with E-state index in [4.69, 9.17) is 4.74 Å². The quantitative estimate of drug-likeness (QED) is 0.818. The van der Waals surface area contributed by atoms with Crippen LogP contribution in [0.2, 0.25) is 0 Å². The molecule has 0 saturated heterocycles. The maximum atomic E-state index is 13.2. The van der Waals surface area contributed by atoms with E-state index >= 15 is 0 Å². The first-order valence-corrected chi connectivity index (χ1v) is 5.22. The Bertz CT molecular complexity index is 511. The van der Waals surface area contributed by atoms with Crippen LogP contribution in [0, 0.1) is 18.6 Å². The summed E-state index contributed by atoms with van der Waals surface area (Å²) in [6.07, 6.45) is 3.51. The van der Waals surface area contributed by atoms with Gasteiger partial charge in [-0.1, -0.05) is 0 Å². The molecule has 0 radical (unpaired) electrons. The Morgan fingerprint density at radius 1 is 1.35 bits per heavy atom. The van der Waals surface area contributed by atoms with Crippen LogP contribution in [0.3, 0.4) is 0 Å². The van der Waals surface area contributed by atoms with Crippen LogP contribution in [0.15, 0.2) is 30.6 Å². The lowest BCUT2D eigenvalue weighted by molar-refractivity contribution is 0.282. The molecule has 0 aliphatic heterocycles. The molecule has 17 heavy (non-hydrogen) atoms. The van der Waals surface area contributed by atoms with Crippen LogP contribution in [0.5, 0.6) is 5.75 Å². The Balaban J connectivity index is 1.92. The smallest absolute Gasteiger partial charge is 0.167 e. The predicted molar refractivity (Wildman–Crippen MR) is 58.8 cm³/mol. The molecule has 0 atom stereocenters. The third kappa shape index (κ3) is 2.81. The summed E-state index contributed by atoms with van der Waals surface area (Å²) in [6.45, 7) is 2.75. The Labute approximate surface area is 97.7 Å². The summed E-state index contributed by atoms with van der Waals surface area (Å²) >= 11 is 0. The zero-order valence-corrected chi connectivity index (χ0v) is 9.36. The summed E-state index contributed by atoms with van der Waals surface area (Å²) in [4.78, 5) is 4.06. The number of aromatic nitrogens is 2. The molecule has 0 aliphatic carbocycles. The van der Waals surface area contributed by atoms with Gasteiger partial charge in [0.25, 0.3) is 0 Å². The third-order valence-electron chi connectivity index (χ3n) is 2.41. The fraction of sp³-hybridized carbons (Fsp3) is 0.250. The van der Waals surface area contributed by atoms with Crippen LogP contribution < -0.4 is 4.74 Å². The van der Waals surface area contributed by atoms with Crippen LogP contribution in [-0.2, 0) is 6.54 Å². The van der Waals surface area contributed by atoms with Crippen molar-refractivity contribution < 1.29 is 13.5 Å². The maximum Gasteiger partial charge on any atom is 0.167 e. The van der Waals surface area contributed by atoms with Crippen molar-refractivity contribution in [1.82, 2.24) is 9.55 Å². The third-order valence-corrected chi connectivity index (χ3v) is 2.41. The molecule has 3 nitrogen and oxygen atoms in total. The molecule has 0 fully saturated rings. The fourth-order valence-electron chi connectivity index (χ4n) is 1.49. The van der Waals surface area contributed by atoms with Crippen molar-refractivity contribution in [3.05, 3.63) is 48.1 Å². The van der Waals surface area contributed by atoms with E-state index in [1.165, 1.54) is 12.1 Å². The highest BCUT2D eigenvalue weighted by molar-refractivity contribution is 5.24. The summed E-state index contributed by atoms with van der Waals surface area (Å²) in [6, 6.07) is 3.25. The SMILES string of the molecule is Cc1nccn1CCOc1ccc(F)cc1F. The van der Waals surface area contributed by atoms with Crippen LogP contribution in [-0.4, -0.2) is 16.2 Å². The van der Waals surface area contributed by atoms with Crippen molar-refractivity contribution in [1.29, 1.82) is 0 Å². The van der Waals surface area contributed by atoms with E-state index in [-0.39, 0.29) is 5.75 Å². The molecular formula is C12H12F2N2O. The molecule has 0 saturated carbocycles. The summed E-state index contributed by atoms with van der Waals surface area (Å²) in [5.41, 5.74) is 0. The second kappa shape index (κ2) is 4.95. The van der Waals surface area contributed by atoms with E-state index in [2.05, 4.69) is 4.98 Å². The highest BCUT2D eigenvalue weighted by Crippen LogP contribution is 2.17. The molecule has 1 aromatic heterocycles. The van der Waals surface area contributed by atoms with Crippen molar-refractivity contribution in [2.75, 3.05) is 6.61 Å². The van der Waals surface area contributed by atoms with Gasteiger partial charge in [0, 0.05) is 18.5 Å². The minimum atomic E-state index is -0.688. The van der Waals surface area contributed by atoms with Gasteiger partial charge in [-0.15, -0.1) is 0 Å². The first kappa shape index (κ1) is 11.6. The van der Waals surface area contributed by atoms with Crippen LogP contribution >= 0.6 is 0 Å². The number of nitrogens with zero attached hydrogens (tertiary/aromatic N) is 2. The number of halogens is 2. The number of ether oxygens (including phenoxy) is 1. The van der Waals surface area contributed by atoms with Gasteiger partial charge in [0.1, 0.15) is 18.2 Å². The highest BCUT2D eigenvalue weighted by Gasteiger charge is 2.04. The minimum absolute atomic E-state index is 0.0594. The summed E-state index contributed by atoms with van der Waals surface area (Å²) < 4.78 is 33.0. The van der Waals surface area contributed by atoms with Gasteiger partial charge in [-0.3, -0.25) is 0 Å². The first-order valence-electron chi connectivity index (χ1n) is 5.22. The normalized spacial score (nSPS) is 10.5. The Kier molecular flexibility index (Phi) is 3.37. The minimum Gasteiger partial charge on any atom is -0.489 e. The van der Waals surface area contributed by atoms with E-state index in [9.17, 15) is 8.78 Å². The molecule has 2 rings (SSSR count). The van der Waals surface area contributed by atoms with Gasteiger partial charge in [-0.2, -0.15) is 0 Å². The van der Waals surface area contributed by atoms with Gasteiger partial charge in [0.05, 0.1) is 6.54 Å². The van der Waals surface area contributed by atoms with Gasteiger partial charge in [-0.25, -0.2) is 13.8 Å². The zero-order chi connectivity index (χ0) is 12.3. The molecule has 0 N–H and O–H groups in total. The van der Waals surface area contributed by atoms with E-state index in [1.807, 2.05) is 17.7 Å². The van der Waals surface area contributed by atoms with Gasteiger partial charge in [0.2, 0.25) is 0 Å². The summed E-state index contributed by atoms with van der Waals surface area (Å²) in [5, 5.41) is 0. The number of imidazole rings is 1. The Morgan fingerprint density at radius 2 is 2.18 bits per heavy atom. The lowest BCUT2D eigenvalue weighted by Gasteiger charge is -2.08. The Morgan fingerprint density at radius 3 is 2.82 bits per heavy atom. The van der Waals surface area contributed by atoms with E-state index in [1.54, 1.807) is 6.20 Å². The standard InChI is InChI=1S/C12H12F2N2O/c1-9-15-4-5-16(9)6-7-17-12-3-2-10(13)8-11(12)14/h2-5,8H,6-7H2,1H3. The topological polar surface area (TPSA) is 27.1 Å². The van der Waals surface area contributed by atoms with Gasteiger partial charge in [0.15, 0.2) is 11.6 Å². The van der Waals surface area contributed by atoms with Gasteiger partial charge < -0.3 is 9.30 Å². The largest absolute Gasteiger partial charge is 0.489 e. The lowest BCUT2D eigenvalue weighted by Crippen LogP contribution is -2.09. The second-order valence-electron chi connectivity index (χ2n) is 3.59. The fourth-order valence-corrected chi connectivity index (χ4v) is 1.49. The molecule has 1 aromatic carbocycles. The average Bonchev–Trinajstić information content (AvgIpc) is 2.68. The summed E-state index contributed by atoms with van der Waals surface area (Å²) in [5.74, 6) is -0.370. The number of hydrogen-bond acceptors (Lipinski definition) is 2. The molecule has 0 unspecified atom stereocenters. The molecule has 0 spiro atoms. The molecule has 0 bridgehead atoms. The highest BCUT2D eigenvalue weighted by atomic mass is 19.1. The molecule has 90 valence electrons. The summed E-state index contributed by atoms with van der Waals surface area (Å²) in [7, 11) is 0. The van der Waals surface area contributed by atoms with Gasteiger partial charge in [-0.05, 0) is 19.1 Å². The number of rotatable bonds is 4. The van der Waals surface area contributed by atoms with E-state index in [0.717, 1.165) is 11.9 Å². The first-order chi connectivity index (χ1) is 8.16. The predicted octanol–water partition coefficient (Wildman–Crippen LogP) is 2.55. The van der Waals surface area contributed by atoms with Crippen molar-refractivity contribution in [2.45, 2.75) is 13.5 Å². The van der Waals surface area contributed by atoms with E-state index < -0.39 is 11.6 Å². The molecule has 0 aliphatic rings. The van der Waals surface area contributed by atoms with Gasteiger partial charge >= 0.3 is 0 Å². The number of aryl methyl sites for hydroxylation is 1. The lowest BCUT2D eigenvalue weighted by atomic mass is 10.3. The van der Waals surface area contributed by atoms with Crippen LogP contribution in [0.1, 0.15) is 5.82 Å². The monoisotopic (exact) mass is 238 g/mol. The molecule has 5 heteroatoms. The van der Waals surface area contributed by atoms with Crippen molar-refractivity contribution in [3.63, 3.8) is 0 Å². The maximum absolute atomic E-state index is 13.2.